The third-order valence-corrected chi connectivity index (χ3v) is 8.54. The van der Waals surface area contributed by atoms with E-state index in [1.165, 1.54) is 0 Å². The van der Waals surface area contributed by atoms with Gasteiger partial charge in [-0.2, -0.15) is 0 Å². The summed E-state index contributed by atoms with van der Waals surface area (Å²) in [5.41, 5.74) is 0.912. The van der Waals surface area contributed by atoms with Gasteiger partial charge in [-0.25, -0.2) is 0 Å². The first-order valence-corrected chi connectivity index (χ1v) is 13.0. The summed E-state index contributed by atoms with van der Waals surface area (Å²) in [6, 6.07) is 7.52. The summed E-state index contributed by atoms with van der Waals surface area (Å²) in [7, 11) is 1.84. The van der Waals surface area contributed by atoms with Crippen LogP contribution >= 0.6 is 23.4 Å². The molecular weight excluding hydrogens is 460 g/mol. The molecule has 178 valence electrons. The molecule has 1 aliphatic carbocycles. The minimum atomic E-state index is -0.229. The fourth-order valence-electron chi connectivity index (χ4n) is 5.16. The molecule has 2 aliphatic heterocycles. The van der Waals surface area contributed by atoms with Crippen LogP contribution in [-0.2, 0) is 19.1 Å². The Morgan fingerprint density at radius 3 is 2.82 bits per heavy atom. The number of rotatable bonds is 4. The number of thioether (sulfide) groups is 1. The van der Waals surface area contributed by atoms with E-state index in [4.69, 9.17) is 16.3 Å². The number of esters is 1. The van der Waals surface area contributed by atoms with E-state index < -0.39 is 0 Å². The van der Waals surface area contributed by atoms with Gasteiger partial charge in [-0.3, -0.25) is 14.4 Å². The lowest BCUT2D eigenvalue weighted by atomic mass is 9.83. The van der Waals surface area contributed by atoms with Crippen LogP contribution in [0.5, 0.6) is 0 Å². The maximum absolute atomic E-state index is 13.3. The van der Waals surface area contributed by atoms with Crippen LogP contribution in [-0.4, -0.2) is 65.6 Å². The Morgan fingerprint density at radius 1 is 1.24 bits per heavy atom. The Kier molecular flexibility index (Phi) is 7.69. The largest absolute Gasteiger partial charge is 0.466 e. The molecule has 0 spiro atoms. The molecule has 8 heteroatoms. The number of ether oxygens (including phenoxy) is 1. The van der Waals surface area contributed by atoms with Crippen molar-refractivity contribution in [3.05, 3.63) is 39.8 Å². The first-order chi connectivity index (χ1) is 15.9. The quantitative estimate of drug-likeness (QED) is 0.467. The number of benzene rings is 1. The topological polar surface area (TPSA) is 66.9 Å². The molecule has 1 aromatic carbocycles. The molecule has 2 heterocycles. The first-order valence-electron chi connectivity index (χ1n) is 11.7. The van der Waals surface area contributed by atoms with Crippen molar-refractivity contribution in [1.82, 2.24) is 9.80 Å². The minimum absolute atomic E-state index is 0.00493. The number of nitrogens with zero attached hydrogens (tertiary/aromatic N) is 2. The highest BCUT2D eigenvalue weighted by Crippen LogP contribution is 2.43. The van der Waals surface area contributed by atoms with Gasteiger partial charge < -0.3 is 14.5 Å². The molecule has 0 bridgehead atoms. The van der Waals surface area contributed by atoms with Gasteiger partial charge in [0.05, 0.1) is 17.4 Å². The molecule has 2 saturated heterocycles. The Hall–Kier alpha value is -1.99. The number of carbonyl (C=O) groups excluding carboxylic acids is 3. The smallest absolute Gasteiger partial charge is 0.310 e. The second-order valence-electron chi connectivity index (χ2n) is 9.09. The molecule has 6 nitrogen and oxygen atoms in total. The number of halogens is 1. The monoisotopic (exact) mass is 490 g/mol. The lowest BCUT2D eigenvalue weighted by Gasteiger charge is -2.45. The van der Waals surface area contributed by atoms with Crippen LogP contribution in [0.2, 0.25) is 5.02 Å². The number of likely N-dealkylation sites (tertiary alicyclic amines) is 1. The zero-order valence-corrected chi connectivity index (χ0v) is 20.7. The van der Waals surface area contributed by atoms with Crippen LogP contribution in [0, 0.1) is 11.8 Å². The van der Waals surface area contributed by atoms with Gasteiger partial charge in [0, 0.05) is 42.4 Å². The standard InChI is InChI=1S/C25H31ClN2O4S/c1-3-32-25(31)18-7-5-11-28(15-18)23(29)17-9-10-21-20(14-17)27(2)24(30)22(33-21)13-16-6-4-8-19(26)12-16/h4,6,8,12-13,17-18,20-21H,3,5,7,9-11,14-15H2,1-2H3/b22-13-. The zero-order chi connectivity index (χ0) is 23.5. The maximum atomic E-state index is 13.3. The van der Waals surface area contributed by atoms with Gasteiger partial charge in [-0.05, 0) is 62.8 Å². The van der Waals surface area contributed by atoms with Crippen LogP contribution in [0.25, 0.3) is 6.08 Å². The molecule has 3 fully saturated rings. The molecule has 2 amide bonds. The molecule has 3 aliphatic rings. The molecule has 1 saturated carbocycles. The van der Waals surface area contributed by atoms with Gasteiger partial charge in [-0.15, -0.1) is 11.8 Å². The minimum Gasteiger partial charge on any atom is -0.466 e. The number of piperidine rings is 1. The van der Waals surface area contributed by atoms with Crippen molar-refractivity contribution in [2.24, 2.45) is 11.8 Å². The molecule has 0 N–H and O–H groups in total. The van der Waals surface area contributed by atoms with E-state index in [0.29, 0.717) is 31.1 Å². The van der Waals surface area contributed by atoms with Crippen molar-refractivity contribution >= 4 is 47.2 Å². The van der Waals surface area contributed by atoms with Gasteiger partial charge in [0.1, 0.15) is 0 Å². The Labute approximate surface area is 204 Å². The molecule has 0 aromatic heterocycles. The lowest BCUT2D eigenvalue weighted by Crippen LogP contribution is -2.53. The van der Waals surface area contributed by atoms with E-state index in [1.54, 1.807) is 18.7 Å². The summed E-state index contributed by atoms with van der Waals surface area (Å²) in [4.78, 5) is 43.0. The normalized spacial score (nSPS) is 29.1. The summed E-state index contributed by atoms with van der Waals surface area (Å²) in [5.74, 6) is -0.427. The van der Waals surface area contributed by atoms with Crippen LogP contribution in [0.3, 0.4) is 0 Å². The number of likely N-dealkylation sites (N-methyl/N-ethyl adjacent to an activating group) is 1. The zero-order valence-electron chi connectivity index (χ0n) is 19.2. The molecule has 4 rings (SSSR count). The van der Waals surface area contributed by atoms with Gasteiger partial charge in [0.15, 0.2) is 0 Å². The number of carbonyl (C=O) groups is 3. The SMILES string of the molecule is CCOC(=O)C1CCCN(C(=O)C2CCC3S/C(=C\c4cccc(Cl)c4)C(=O)N(C)C3C2)C1. The summed E-state index contributed by atoms with van der Waals surface area (Å²) in [5, 5.41) is 0.918. The number of fused-ring (bicyclic) bond motifs is 1. The average molecular weight is 491 g/mol. The van der Waals surface area contributed by atoms with Crippen LogP contribution < -0.4 is 0 Å². The third-order valence-electron chi connectivity index (χ3n) is 6.91. The number of hydrogen-bond acceptors (Lipinski definition) is 5. The Bertz CT molecular complexity index is 952. The van der Waals surface area contributed by atoms with Crippen molar-refractivity contribution < 1.29 is 19.1 Å². The summed E-state index contributed by atoms with van der Waals surface area (Å²) in [6.07, 6.45) is 5.86. The van der Waals surface area contributed by atoms with Crippen molar-refractivity contribution in [3.63, 3.8) is 0 Å². The van der Waals surface area contributed by atoms with E-state index in [-0.39, 0.29) is 40.9 Å². The van der Waals surface area contributed by atoms with E-state index >= 15 is 0 Å². The summed E-state index contributed by atoms with van der Waals surface area (Å²) < 4.78 is 5.17. The molecule has 33 heavy (non-hydrogen) atoms. The molecule has 4 unspecified atom stereocenters. The average Bonchev–Trinajstić information content (AvgIpc) is 2.82. The van der Waals surface area contributed by atoms with E-state index in [9.17, 15) is 14.4 Å². The van der Waals surface area contributed by atoms with Crippen molar-refractivity contribution in [2.45, 2.75) is 50.3 Å². The lowest BCUT2D eigenvalue weighted by molar-refractivity contribution is -0.152. The third kappa shape index (κ3) is 5.40. The Morgan fingerprint density at radius 2 is 2.06 bits per heavy atom. The van der Waals surface area contributed by atoms with Gasteiger partial charge in [0.2, 0.25) is 5.91 Å². The molecule has 1 aromatic rings. The van der Waals surface area contributed by atoms with Gasteiger partial charge in [-0.1, -0.05) is 23.7 Å². The second kappa shape index (κ2) is 10.5. The highest BCUT2D eigenvalue weighted by Gasteiger charge is 2.44. The first kappa shape index (κ1) is 24.1. The van der Waals surface area contributed by atoms with Gasteiger partial charge >= 0.3 is 5.97 Å². The van der Waals surface area contributed by atoms with Crippen molar-refractivity contribution in [3.8, 4) is 0 Å². The maximum Gasteiger partial charge on any atom is 0.310 e. The Balaban J connectivity index is 1.41. The van der Waals surface area contributed by atoms with Crippen LogP contribution in [0.1, 0.15) is 44.6 Å². The predicted molar refractivity (Wildman–Crippen MR) is 131 cm³/mol. The highest BCUT2D eigenvalue weighted by atomic mass is 35.5. The summed E-state index contributed by atoms with van der Waals surface area (Å²) in [6.45, 7) is 3.30. The number of amides is 2. The second-order valence-corrected chi connectivity index (χ2v) is 10.8. The van der Waals surface area contributed by atoms with Crippen LogP contribution in [0.15, 0.2) is 29.2 Å². The molecule has 4 atom stereocenters. The highest BCUT2D eigenvalue weighted by molar-refractivity contribution is 8.04. The van der Waals surface area contributed by atoms with Gasteiger partial charge in [0.25, 0.3) is 5.91 Å². The van der Waals surface area contributed by atoms with Crippen molar-refractivity contribution in [2.75, 3.05) is 26.7 Å². The van der Waals surface area contributed by atoms with Crippen molar-refractivity contribution in [1.29, 1.82) is 0 Å². The molecule has 0 radical (unpaired) electrons. The van der Waals surface area contributed by atoms with E-state index in [2.05, 4.69) is 0 Å². The molecular formula is C25H31ClN2O4S. The predicted octanol–water partition coefficient (Wildman–Crippen LogP) is 4.23. The number of hydrogen-bond donors (Lipinski definition) is 0. The van der Waals surface area contributed by atoms with E-state index in [0.717, 1.165) is 36.2 Å². The van der Waals surface area contributed by atoms with Crippen LogP contribution in [0.4, 0.5) is 0 Å². The summed E-state index contributed by atoms with van der Waals surface area (Å²) >= 11 is 7.72. The van der Waals surface area contributed by atoms with E-state index in [1.807, 2.05) is 47.2 Å². The fourth-order valence-corrected chi connectivity index (χ4v) is 6.84. The fraction of sp³-hybridized carbons (Fsp3) is 0.560.